The van der Waals surface area contributed by atoms with Gasteiger partial charge in [0.15, 0.2) is 0 Å². The molecule has 0 radical (unpaired) electrons. The third kappa shape index (κ3) is 3.98. The molecule has 1 amide bonds. The van der Waals surface area contributed by atoms with E-state index in [-0.39, 0.29) is 16.3 Å². The van der Waals surface area contributed by atoms with Crippen LogP contribution < -0.4 is 5.32 Å². The molecular formula is C22H26N4O4S2. The monoisotopic (exact) mass is 474 g/mol. The van der Waals surface area contributed by atoms with Crippen molar-refractivity contribution in [2.24, 2.45) is 0 Å². The molecule has 0 spiro atoms. The summed E-state index contributed by atoms with van der Waals surface area (Å²) in [4.78, 5) is 23.6. The van der Waals surface area contributed by atoms with Gasteiger partial charge in [-0.15, -0.1) is 11.3 Å². The van der Waals surface area contributed by atoms with E-state index < -0.39 is 15.9 Å². The standard InChI is InChI=1S/C22H26N4O4S2/c1-5-26(6-2)32(29,30)15-9-10-17(27)16(11-15)24-21(28)19-12(3)18-13(4)23-20(14-7-8-14)25-22(18)31-19/h9-11,14,27H,5-8H2,1-4H3,(H,24,28). The minimum absolute atomic E-state index is 0.0122. The summed E-state index contributed by atoms with van der Waals surface area (Å²) in [5.41, 5.74) is 1.66. The predicted octanol–water partition coefficient (Wildman–Crippen LogP) is 4.17. The first kappa shape index (κ1) is 22.6. The number of phenolic OH excluding ortho intramolecular Hbond substituents is 1. The van der Waals surface area contributed by atoms with Crippen molar-refractivity contribution in [1.29, 1.82) is 0 Å². The molecule has 1 aliphatic carbocycles. The fourth-order valence-electron chi connectivity index (χ4n) is 3.77. The van der Waals surface area contributed by atoms with E-state index in [9.17, 15) is 18.3 Å². The first-order chi connectivity index (χ1) is 15.2. The van der Waals surface area contributed by atoms with Crippen LogP contribution in [0.25, 0.3) is 10.2 Å². The highest BCUT2D eigenvalue weighted by Crippen LogP contribution is 2.40. The lowest BCUT2D eigenvalue weighted by Crippen LogP contribution is -2.30. The molecule has 1 aromatic carbocycles. The van der Waals surface area contributed by atoms with Crippen molar-refractivity contribution in [2.45, 2.75) is 51.3 Å². The van der Waals surface area contributed by atoms with Gasteiger partial charge in [-0.2, -0.15) is 4.31 Å². The lowest BCUT2D eigenvalue weighted by atomic mass is 10.1. The number of anilines is 1. The van der Waals surface area contributed by atoms with Crippen molar-refractivity contribution >= 4 is 43.2 Å². The van der Waals surface area contributed by atoms with Gasteiger partial charge in [0.2, 0.25) is 10.0 Å². The van der Waals surface area contributed by atoms with Crippen LogP contribution in [0, 0.1) is 13.8 Å². The number of carbonyl (C=O) groups excluding carboxylic acids is 1. The SMILES string of the molecule is CCN(CC)S(=O)(=O)c1ccc(O)c(NC(=O)c2sc3nc(C4CC4)nc(C)c3c2C)c1. The summed E-state index contributed by atoms with van der Waals surface area (Å²) in [5.74, 6) is 0.605. The number of sulfonamides is 1. The molecule has 170 valence electrons. The van der Waals surface area contributed by atoms with Crippen LogP contribution >= 0.6 is 11.3 Å². The molecule has 2 aromatic heterocycles. The van der Waals surface area contributed by atoms with Gasteiger partial charge in [-0.3, -0.25) is 4.79 Å². The topological polar surface area (TPSA) is 112 Å². The van der Waals surface area contributed by atoms with E-state index in [0.29, 0.717) is 23.9 Å². The zero-order valence-corrected chi connectivity index (χ0v) is 20.1. The molecule has 8 nitrogen and oxygen atoms in total. The molecular weight excluding hydrogens is 448 g/mol. The van der Waals surface area contributed by atoms with Crippen molar-refractivity contribution in [3.05, 3.63) is 40.2 Å². The number of thiophene rings is 1. The fourth-order valence-corrected chi connectivity index (χ4v) is 6.39. The van der Waals surface area contributed by atoms with Gasteiger partial charge in [-0.1, -0.05) is 13.8 Å². The second kappa shape index (κ2) is 8.42. The number of carbonyl (C=O) groups is 1. The number of nitrogens with zero attached hydrogens (tertiary/aromatic N) is 3. The number of hydrogen-bond acceptors (Lipinski definition) is 7. The Morgan fingerprint density at radius 2 is 1.91 bits per heavy atom. The molecule has 32 heavy (non-hydrogen) atoms. The Bertz CT molecular complexity index is 1310. The highest BCUT2D eigenvalue weighted by Gasteiger charge is 2.29. The lowest BCUT2D eigenvalue weighted by Gasteiger charge is -2.19. The number of aromatic nitrogens is 2. The van der Waals surface area contributed by atoms with Gasteiger partial charge in [-0.05, 0) is 50.5 Å². The number of aromatic hydroxyl groups is 1. The van der Waals surface area contributed by atoms with Crippen LogP contribution in [-0.2, 0) is 10.0 Å². The highest BCUT2D eigenvalue weighted by molar-refractivity contribution is 7.89. The van der Waals surface area contributed by atoms with Crippen LogP contribution in [0.15, 0.2) is 23.1 Å². The van der Waals surface area contributed by atoms with Crippen LogP contribution in [0.4, 0.5) is 5.69 Å². The van der Waals surface area contributed by atoms with Crippen molar-refractivity contribution in [3.63, 3.8) is 0 Å². The molecule has 0 saturated heterocycles. The number of aryl methyl sites for hydroxylation is 2. The van der Waals surface area contributed by atoms with Crippen molar-refractivity contribution in [2.75, 3.05) is 18.4 Å². The number of phenols is 1. The average Bonchev–Trinajstić information content (AvgIpc) is 3.53. The smallest absolute Gasteiger partial charge is 0.266 e. The van der Waals surface area contributed by atoms with Crippen molar-refractivity contribution in [3.8, 4) is 5.75 Å². The summed E-state index contributed by atoms with van der Waals surface area (Å²) in [5, 5.41) is 13.8. The van der Waals surface area contributed by atoms with Gasteiger partial charge in [0, 0.05) is 24.4 Å². The molecule has 4 rings (SSSR count). The maximum atomic E-state index is 13.1. The number of fused-ring (bicyclic) bond motifs is 1. The van der Waals surface area contributed by atoms with Gasteiger partial charge in [-0.25, -0.2) is 18.4 Å². The van der Waals surface area contributed by atoms with E-state index in [1.54, 1.807) is 13.8 Å². The molecule has 0 unspecified atom stereocenters. The Morgan fingerprint density at radius 1 is 1.22 bits per heavy atom. The van der Waals surface area contributed by atoms with Crippen molar-refractivity contribution < 1.29 is 18.3 Å². The second-order valence-electron chi connectivity index (χ2n) is 7.90. The Labute approximate surface area is 191 Å². The molecule has 1 fully saturated rings. The largest absolute Gasteiger partial charge is 0.506 e. The van der Waals surface area contributed by atoms with Crippen molar-refractivity contribution in [1.82, 2.24) is 14.3 Å². The summed E-state index contributed by atoms with van der Waals surface area (Å²) < 4.78 is 27.0. The molecule has 0 aliphatic heterocycles. The minimum Gasteiger partial charge on any atom is -0.506 e. The molecule has 1 saturated carbocycles. The predicted molar refractivity (Wildman–Crippen MR) is 125 cm³/mol. The Kier molecular flexibility index (Phi) is 5.95. The van der Waals surface area contributed by atoms with E-state index in [1.165, 1.54) is 33.8 Å². The Balaban J connectivity index is 1.68. The second-order valence-corrected chi connectivity index (χ2v) is 10.8. The van der Waals surface area contributed by atoms with E-state index in [1.807, 2.05) is 13.8 Å². The molecule has 0 bridgehead atoms. The summed E-state index contributed by atoms with van der Waals surface area (Å²) >= 11 is 1.28. The van der Waals surface area contributed by atoms with E-state index >= 15 is 0 Å². The first-order valence-corrected chi connectivity index (χ1v) is 12.8. The van der Waals surface area contributed by atoms with Crippen LogP contribution in [0.2, 0.25) is 0 Å². The zero-order valence-electron chi connectivity index (χ0n) is 18.5. The maximum absolute atomic E-state index is 13.1. The van der Waals surface area contributed by atoms with Gasteiger partial charge in [0.05, 0.1) is 21.2 Å². The third-order valence-corrected chi connectivity index (χ3v) is 8.93. The van der Waals surface area contributed by atoms with Gasteiger partial charge in [0.1, 0.15) is 16.4 Å². The van der Waals surface area contributed by atoms with E-state index in [2.05, 4.69) is 15.3 Å². The van der Waals surface area contributed by atoms with Gasteiger partial charge in [0.25, 0.3) is 5.91 Å². The zero-order chi connectivity index (χ0) is 23.2. The van der Waals surface area contributed by atoms with Crippen LogP contribution in [-0.4, -0.2) is 46.8 Å². The summed E-state index contributed by atoms with van der Waals surface area (Å²) in [6.07, 6.45) is 2.18. The average molecular weight is 475 g/mol. The number of rotatable bonds is 7. The quantitative estimate of drug-likeness (QED) is 0.497. The lowest BCUT2D eigenvalue weighted by molar-refractivity contribution is 0.102. The van der Waals surface area contributed by atoms with Gasteiger partial charge >= 0.3 is 0 Å². The summed E-state index contributed by atoms with van der Waals surface area (Å²) in [6.45, 7) is 7.94. The molecule has 3 aromatic rings. The van der Waals surface area contributed by atoms with Gasteiger partial charge < -0.3 is 10.4 Å². The third-order valence-electron chi connectivity index (χ3n) is 5.70. The summed E-state index contributed by atoms with van der Waals surface area (Å²) in [7, 11) is -3.73. The number of benzene rings is 1. The first-order valence-electron chi connectivity index (χ1n) is 10.6. The molecule has 2 heterocycles. The Morgan fingerprint density at radius 3 is 2.53 bits per heavy atom. The normalized spacial score (nSPS) is 14.3. The summed E-state index contributed by atoms with van der Waals surface area (Å²) in [6, 6.07) is 3.91. The number of nitrogens with one attached hydrogen (secondary N) is 1. The maximum Gasteiger partial charge on any atom is 0.266 e. The molecule has 0 atom stereocenters. The number of hydrogen-bond donors (Lipinski definition) is 2. The van der Waals surface area contributed by atoms with Crippen LogP contribution in [0.5, 0.6) is 5.75 Å². The highest BCUT2D eigenvalue weighted by atomic mass is 32.2. The number of amides is 1. The fraction of sp³-hybridized carbons (Fsp3) is 0.409. The Hall–Kier alpha value is -2.56. The van der Waals surface area contributed by atoms with Crippen LogP contribution in [0.1, 0.15) is 59.4 Å². The molecule has 10 heteroatoms. The minimum atomic E-state index is -3.73. The molecule has 1 aliphatic rings. The van der Waals surface area contributed by atoms with E-state index in [4.69, 9.17) is 0 Å². The van der Waals surface area contributed by atoms with Crippen LogP contribution in [0.3, 0.4) is 0 Å². The molecule has 2 N–H and O–H groups in total. The van der Waals surface area contributed by atoms with E-state index in [0.717, 1.165) is 40.1 Å².